The molecular formula is C17H26N2O6S. The smallest absolute Gasteiger partial charge is 0.348 e. The van der Waals surface area contributed by atoms with Crippen molar-refractivity contribution in [3.05, 3.63) is 16.5 Å². The van der Waals surface area contributed by atoms with E-state index >= 15 is 0 Å². The summed E-state index contributed by atoms with van der Waals surface area (Å²) in [6.45, 7) is 6.64. The molecule has 146 valence electrons. The molecule has 1 amide bonds. The minimum atomic E-state index is -0.403. The molecule has 0 unspecified atom stereocenters. The molecule has 0 fully saturated rings. The third kappa shape index (κ3) is 7.51. The molecule has 26 heavy (non-hydrogen) atoms. The summed E-state index contributed by atoms with van der Waals surface area (Å²) in [7, 11) is 1.55. The van der Waals surface area contributed by atoms with Gasteiger partial charge in [0.25, 0.3) is 0 Å². The Kier molecular flexibility index (Phi) is 9.85. The van der Waals surface area contributed by atoms with Gasteiger partial charge in [-0.3, -0.25) is 14.5 Å². The largest absolute Gasteiger partial charge is 0.465 e. The van der Waals surface area contributed by atoms with E-state index in [4.69, 9.17) is 14.2 Å². The molecule has 1 aromatic heterocycles. The lowest BCUT2D eigenvalue weighted by Crippen LogP contribution is -2.39. The minimum absolute atomic E-state index is 0.00215. The Labute approximate surface area is 157 Å². The summed E-state index contributed by atoms with van der Waals surface area (Å²) < 4.78 is 14.9. The zero-order valence-corrected chi connectivity index (χ0v) is 16.4. The Bertz CT molecular complexity index is 616. The molecule has 0 aliphatic rings. The van der Waals surface area contributed by atoms with Crippen LogP contribution in [-0.2, 0) is 23.8 Å². The highest BCUT2D eigenvalue weighted by Gasteiger charge is 2.18. The molecule has 0 aromatic carbocycles. The van der Waals surface area contributed by atoms with Gasteiger partial charge in [0, 0.05) is 13.7 Å². The standard InChI is InChI=1S/C17H26N2O6S/c1-5-24-15(21)11-19(7-8-23-4)10-13(20)18-14-9-12(3)16(26-14)17(22)25-6-2/h9H,5-8,10-11H2,1-4H3,(H,18,20). The number of methoxy groups -OCH3 is 1. The molecule has 1 rings (SSSR count). The van der Waals surface area contributed by atoms with Crippen molar-refractivity contribution in [1.29, 1.82) is 0 Å². The number of carbonyl (C=O) groups is 3. The zero-order valence-electron chi connectivity index (χ0n) is 15.6. The van der Waals surface area contributed by atoms with Crippen LogP contribution in [0.25, 0.3) is 0 Å². The summed E-state index contributed by atoms with van der Waals surface area (Å²) in [5.74, 6) is -1.09. The van der Waals surface area contributed by atoms with Gasteiger partial charge in [0.05, 0.1) is 37.9 Å². The quantitative estimate of drug-likeness (QED) is 0.578. The van der Waals surface area contributed by atoms with Gasteiger partial charge in [-0.1, -0.05) is 0 Å². The number of esters is 2. The van der Waals surface area contributed by atoms with Crippen LogP contribution in [0.4, 0.5) is 5.00 Å². The molecule has 1 heterocycles. The van der Waals surface area contributed by atoms with Gasteiger partial charge >= 0.3 is 11.9 Å². The van der Waals surface area contributed by atoms with Crippen molar-refractivity contribution in [2.24, 2.45) is 0 Å². The van der Waals surface area contributed by atoms with Gasteiger partial charge in [-0.2, -0.15) is 0 Å². The van der Waals surface area contributed by atoms with E-state index in [1.807, 2.05) is 0 Å². The monoisotopic (exact) mass is 386 g/mol. The van der Waals surface area contributed by atoms with Gasteiger partial charge in [-0.15, -0.1) is 11.3 Å². The van der Waals surface area contributed by atoms with Crippen LogP contribution in [0.15, 0.2) is 6.07 Å². The molecule has 0 aliphatic carbocycles. The van der Waals surface area contributed by atoms with Crippen LogP contribution in [-0.4, -0.2) is 69.3 Å². The van der Waals surface area contributed by atoms with Crippen LogP contribution >= 0.6 is 11.3 Å². The number of thiophene rings is 1. The number of amides is 1. The van der Waals surface area contributed by atoms with Crippen molar-refractivity contribution >= 4 is 34.2 Å². The number of ether oxygens (including phenoxy) is 3. The molecule has 1 N–H and O–H groups in total. The Balaban J connectivity index is 2.67. The van der Waals surface area contributed by atoms with Crippen molar-refractivity contribution < 1.29 is 28.6 Å². The van der Waals surface area contributed by atoms with Crippen molar-refractivity contribution in [3.63, 3.8) is 0 Å². The third-order valence-corrected chi connectivity index (χ3v) is 4.41. The van der Waals surface area contributed by atoms with Gasteiger partial charge in [0.2, 0.25) is 5.91 Å². The first-order valence-corrected chi connectivity index (χ1v) is 9.17. The molecule has 0 aliphatic heterocycles. The molecule has 1 aromatic rings. The van der Waals surface area contributed by atoms with Crippen LogP contribution in [0, 0.1) is 6.92 Å². The second-order valence-corrected chi connectivity index (χ2v) is 6.45. The number of carbonyl (C=O) groups excluding carboxylic acids is 3. The summed E-state index contributed by atoms with van der Waals surface area (Å²) in [4.78, 5) is 37.9. The van der Waals surface area contributed by atoms with E-state index in [1.165, 1.54) is 0 Å². The highest BCUT2D eigenvalue weighted by atomic mass is 32.1. The number of nitrogens with zero attached hydrogens (tertiary/aromatic N) is 1. The Hall–Kier alpha value is -1.97. The second kappa shape index (κ2) is 11.6. The molecule has 0 bridgehead atoms. The summed E-state index contributed by atoms with van der Waals surface area (Å²) in [6.07, 6.45) is 0. The summed E-state index contributed by atoms with van der Waals surface area (Å²) >= 11 is 1.16. The summed E-state index contributed by atoms with van der Waals surface area (Å²) in [5.41, 5.74) is 0.742. The van der Waals surface area contributed by atoms with Crippen LogP contribution in [0.5, 0.6) is 0 Å². The van der Waals surface area contributed by atoms with E-state index in [0.29, 0.717) is 29.6 Å². The highest BCUT2D eigenvalue weighted by molar-refractivity contribution is 7.18. The van der Waals surface area contributed by atoms with E-state index in [1.54, 1.807) is 38.8 Å². The Morgan fingerprint density at radius 2 is 1.85 bits per heavy atom. The number of hydrogen-bond acceptors (Lipinski definition) is 8. The van der Waals surface area contributed by atoms with Gasteiger partial charge < -0.3 is 19.5 Å². The lowest BCUT2D eigenvalue weighted by Gasteiger charge is -2.20. The lowest BCUT2D eigenvalue weighted by molar-refractivity contribution is -0.144. The minimum Gasteiger partial charge on any atom is -0.465 e. The van der Waals surface area contributed by atoms with Crippen molar-refractivity contribution in [3.8, 4) is 0 Å². The zero-order chi connectivity index (χ0) is 19.5. The van der Waals surface area contributed by atoms with E-state index in [-0.39, 0.29) is 25.6 Å². The van der Waals surface area contributed by atoms with Crippen LogP contribution in [0.3, 0.4) is 0 Å². The molecule has 0 radical (unpaired) electrons. The van der Waals surface area contributed by atoms with E-state index in [2.05, 4.69) is 5.32 Å². The number of nitrogens with one attached hydrogen (secondary N) is 1. The lowest BCUT2D eigenvalue weighted by atomic mass is 10.3. The maximum Gasteiger partial charge on any atom is 0.348 e. The van der Waals surface area contributed by atoms with Crippen molar-refractivity contribution in [2.45, 2.75) is 20.8 Å². The molecule has 0 saturated heterocycles. The number of aryl methyl sites for hydroxylation is 1. The van der Waals surface area contributed by atoms with Crippen LogP contribution in [0.1, 0.15) is 29.1 Å². The molecule has 0 spiro atoms. The first-order valence-electron chi connectivity index (χ1n) is 8.35. The maximum absolute atomic E-state index is 12.3. The van der Waals surface area contributed by atoms with Crippen LogP contribution < -0.4 is 5.32 Å². The van der Waals surface area contributed by atoms with Gasteiger partial charge in [0.1, 0.15) is 4.88 Å². The molecule has 0 atom stereocenters. The van der Waals surface area contributed by atoms with Gasteiger partial charge in [-0.05, 0) is 32.4 Å². The van der Waals surface area contributed by atoms with Gasteiger partial charge in [-0.25, -0.2) is 4.79 Å². The maximum atomic E-state index is 12.3. The van der Waals surface area contributed by atoms with E-state index < -0.39 is 11.9 Å². The molecule has 0 saturated carbocycles. The molecule has 9 heteroatoms. The van der Waals surface area contributed by atoms with E-state index in [9.17, 15) is 14.4 Å². The Morgan fingerprint density at radius 3 is 2.46 bits per heavy atom. The van der Waals surface area contributed by atoms with Crippen LogP contribution in [0.2, 0.25) is 0 Å². The molecule has 8 nitrogen and oxygen atoms in total. The van der Waals surface area contributed by atoms with Crippen molar-refractivity contribution in [2.75, 3.05) is 51.9 Å². The molecular weight excluding hydrogens is 360 g/mol. The number of anilines is 1. The Morgan fingerprint density at radius 1 is 1.15 bits per heavy atom. The number of rotatable bonds is 11. The number of hydrogen-bond donors (Lipinski definition) is 1. The van der Waals surface area contributed by atoms with E-state index in [0.717, 1.165) is 16.9 Å². The van der Waals surface area contributed by atoms with Crippen molar-refractivity contribution in [1.82, 2.24) is 4.90 Å². The summed E-state index contributed by atoms with van der Waals surface area (Å²) in [5, 5.41) is 3.30. The fraction of sp³-hybridized carbons (Fsp3) is 0.588. The topological polar surface area (TPSA) is 94.2 Å². The second-order valence-electron chi connectivity index (χ2n) is 5.40. The van der Waals surface area contributed by atoms with Gasteiger partial charge in [0.15, 0.2) is 0 Å². The normalized spacial score (nSPS) is 10.7. The predicted octanol–water partition coefficient (Wildman–Crippen LogP) is 1.68. The summed E-state index contributed by atoms with van der Waals surface area (Å²) in [6, 6.07) is 1.72. The average Bonchev–Trinajstić information content (AvgIpc) is 2.93. The SMILES string of the molecule is CCOC(=O)CN(CCOC)CC(=O)Nc1cc(C)c(C(=O)OCC)s1. The first kappa shape index (κ1) is 22.1. The first-order chi connectivity index (χ1) is 12.4. The average molecular weight is 386 g/mol. The fourth-order valence-corrected chi connectivity index (χ4v) is 3.13. The third-order valence-electron chi connectivity index (χ3n) is 3.28. The fourth-order valence-electron chi connectivity index (χ4n) is 2.15. The predicted molar refractivity (Wildman–Crippen MR) is 98.6 cm³/mol. The highest BCUT2D eigenvalue weighted by Crippen LogP contribution is 2.27.